The van der Waals surface area contributed by atoms with Crippen LogP contribution in [-0.4, -0.2) is 42.7 Å². The maximum absolute atomic E-state index is 14.3. The van der Waals surface area contributed by atoms with Gasteiger partial charge in [0.15, 0.2) is 11.6 Å². The molecule has 1 heterocycles. The largest absolute Gasteiger partial charge is 0.508 e. The van der Waals surface area contributed by atoms with Crippen LogP contribution in [0, 0.1) is 17.8 Å². The Hall–Kier alpha value is -5.21. The zero-order chi connectivity index (χ0) is 33.9. The van der Waals surface area contributed by atoms with Crippen molar-refractivity contribution < 1.29 is 33.8 Å². The summed E-state index contributed by atoms with van der Waals surface area (Å²) in [6.07, 6.45) is 7.50. The van der Waals surface area contributed by atoms with Crippen LogP contribution in [0.15, 0.2) is 95.1 Å². The molecule has 1 N–H and O–H groups in total. The minimum atomic E-state index is -0.773. The quantitative estimate of drug-likeness (QED) is 0.133. The second-order valence-electron chi connectivity index (χ2n) is 12.5. The minimum Gasteiger partial charge on any atom is -0.508 e. The monoisotopic (exact) mass is 661 g/mol. The van der Waals surface area contributed by atoms with Gasteiger partial charge in [0.05, 0.1) is 31.7 Å². The zero-order valence-corrected chi connectivity index (χ0v) is 27.3. The Kier molecular flexibility index (Phi) is 7.92. The summed E-state index contributed by atoms with van der Waals surface area (Å²) < 4.78 is 10.8. The molecule has 3 aromatic rings. The van der Waals surface area contributed by atoms with Gasteiger partial charge in [0.2, 0.25) is 11.8 Å². The first kappa shape index (κ1) is 31.4. The van der Waals surface area contributed by atoms with Gasteiger partial charge in [-0.15, -0.1) is 0 Å². The standard InChI is InChI=1S/C39H32ClNO7/c1-20-16-32(43)36-30(37(20)44)19-28-26(34(36)29-18-23(40)8-14-31(29)42)12-13-27-35(28)39(46)41(38(27)45)24-9-5-21(6-10-24)4-7-22-17-25(47-2)11-15-33(22)48-3/h4-12,14-18,27-28,34-35,42H,13,19H2,1-3H3/t27-,28+,34+,35-/m0/s1. The van der Waals surface area contributed by atoms with E-state index in [1.165, 1.54) is 17.0 Å². The number of fused-ring (bicyclic) bond motifs is 3. The molecule has 3 aliphatic carbocycles. The van der Waals surface area contributed by atoms with Gasteiger partial charge in [0, 0.05) is 38.8 Å². The van der Waals surface area contributed by atoms with Gasteiger partial charge in [0.25, 0.3) is 0 Å². The molecule has 242 valence electrons. The summed E-state index contributed by atoms with van der Waals surface area (Å²) >= 11 is 6.35. The molecule has 4 aliphatic rings. The molecule has 0 aromatic heterocycles. The van der Waals surface area contributed by atoms with E-state index in [0.29, 0.717) is 44.5 Å². The number of imide groups is 1. The molecular formula is C39H32ClNO7. The van der Waals surface area contributed by atoms with Crippen LogP contribution in [0.25, 0.3) is 12.2 Å². The molecule has 1 aliphatic heterocycles. The number of Topliss-reactive ketones (excluding diaryl/α,β-unsaturated/α-hetero) is 1. The molecular weight excluding hydrogens is 630 g/mol. The molecule has 7 rings (SSSR count). The van der Waals surface area contributed by atoms with Crippen molar-refractivity contribution in [2.45, 2.75) is 25.7 Å². The van der Waals surface area contributed by atoms with E-state index in [4.69, 9.17) is 21.1 Å². The fraction of sp³-hybridized carbons (Fsp3) is 0.231. The smallest absolute Gasteiger partial charge is 0.238 e. The minimum absolute atomic E-state index is 0.0686. The third-order valence-electron chi connectivity index (χ3n) is 9.91. The molecule has 4 atom stereocenters. The molecule has 1 fully saturated rings. The number of hydrogen-bond donors (Lipinski definition) is 1. The number of methoxy groups -OCH3 is 2. The first-order valence-electron chi connectivity index (χ1n) is 15.7. The summed E-state index contributed by atoms with van der Waals surface area (Å²) in [6.45, 7) is 1.60. The number of nitrogens with zero attached hydrogens (tertiary/aromatic N) is 1. The van der Waals surface area contributed by atoms with Crippen molar-refractivity contribution in [3.05, 3.63) is 117 Å². The molecule has 3 aromatic carbocycles. The van der Waals surface area contributed by atoms with Crippen LogP contribution in [-0.2, 0) is 19.2 Å². The molecule has 0 spiro atoms. The van der Waals surface area contributed by atoms with Gasteiger partial charge in [-0.2, -0.15) is 0 Å². The topological polar surface area (TPSA) is 110 Å². The zero-order valence-electron chi connectivity index (χ0n) is 26.5. The number of phenolic OH excluding ortho intramolecular Hbond substituents is 1. The van der Waals surface area contributed by atoms with Crippen molar-refractivity contribution >= 4 is 52.8 Å². The van der Waals surface area contributed by atoms with E-state index in [2.05, 4.69) is 0 Å². The molecule has 8 nitrogen and oxygen atoms in total. The number of aromatic hydroxyl groups is 1. The summed E-state index contributed by atoms with van der Waals surface area (Å²) in [5.74, 6) is -2.53. The Balaban J connectivity index is 1.21. The third kappa shape index (κ3) is 5.08. The second kappa shape index (κ2) is 12.1. The van der Waals surface area contributed by atoms with Gasteiger partial charge in [-0.3, -0.25) is 24.1 Å². The molecule has 1 saturated heterocycles. The summed E-state index contributed by atoms with van der Waals surface area (Å²) in [7, 11) is 3.20. The van der Waals surface area contributed by atoms with Gasteiger partial charge in [0.1, 0.15) is 17.2 Å². The molecule has 0 radical (unpaired) electrons. The van der Waals surface area contributed by atoms with E-state index in [-0.39, 0.29) is 42.0 Å². The number of benzene rings is 3. The highest BCUT2D eigenvalue weighted by atomic mass is 35.5. The number of amides is 2. The Morgan fingerprint density at radius 1 is 0.896 bits per heavy atom. The lowest BCUT2D eigenvalue weighted by molar-refractivity contribution is -0.123. The highest BCUT2D eigenvalue weighted by Gasteiger charge is 2.56. The van der Waals surface area contributed by atoms with Gasteiger partial charge < -0.3 is 14.6 Å². The van der Waals surface area contributed by atoms with Crippen LogP contribution in [0.4, 0.5) is 5.69 Å². The van der Waals surface area contributed by atoms with Crippen LogP contribution in [0.2, 0.25) is 5.02 Å². The molecule has 9 heteroatoms. The summed E-state index contributed by atoms with van der Waals surface area (Å²) in [5.41, 5.74) is 4.23. The third-order valence-corrected chi connectivity index (χ3v) is 10.1. The number of allylic oxidation sites excluding steroid dienone is 6. The SMILES string of the molecule is COc1ccc(OC)c(C=Cc2ccc(N3C(=O)[C@H]4[C@H](CC=C5[C@H](c6cc(Cl)ccc6O)C6=C(C[C@H]54)C(=O)C(C)=CC6=O)C3=O)cc2)c1. The van der Waals surface area contributed by atoms with Gasteiger partial charge in [-0.05, 0) is 85.9 Å². The van der Waals surface area contributed by atoms with E-state index < -0.39 is 23.7 Å². The summed E-state index contributed by atoms with van der Waals surface area (Å²) in [4.78, 5) is 56.4. The fourth-order valence-electron chi connectivity index (χ4n) is 7.64. The van der Waals surface area contributed by atoms with E-state index in [1.54, 1.807) is 45.4 Å². The van der Waals surface area contributed by atoms with E-state index in [1.807, 2.05) is 48.6 Å². The van der Waals surface area contributed by atoms with Gasteiger partial charge >= 0.3 is 0 Å². The maximum Gasteiger partial charge on any atom is 0.238 e. The Morgan fingerprint density at radius 2 is 1.67 bits per heavy atom. The number of phenols is 1. The molecule has 0 bridgehead atoms. The molecule has 48 heavy (non-hydrogen) atoms. The number of halogens is 1. The van der Waals surface area contributed by atoms with E-state index in [0.717, 1.165) is 16.7 Å². The fourth-order valence-corrected chi connectivity index (χ4v) is 7.82. The number of carbonyl (C=O) groups excluding carboxylic acids is 4. The number of anilines is 1. The average Bonchev–Trinajstić information content (AvgIpc) is 3.35. The number of carbonyl (C=O) groups is 4. The Bertz CT molecular complexity index is 2040. The van der Waals surface area contributed by atoms with E-state index >= 15 is 0 Å². The van der Waals surface area contributed by atoms with Crippen LogP contribution < -0.4 is 14.4 Å². The predicted molar refractivity (Wildman–Crippen MR) is 182 cm³/mol. The normalized spacial score (nSPS) is 23.5. The van der Waals surface area contributed by atoms with Crippen LogP contribution in [0.1, 0.15) is 42.4 Å². The van der Waals surface area contributed by atoms with Crippen molar-refractivity contribution in [1.29, 1.82) is 0 Å². The lowest BCUT2D eigenvalue weighted by Gasteiger charge is -2.42. The Morgan fingerprint density at radius 3 is 2.40 bits per heavy atom. The van der Waals surface area contributed by atoms with Crippen molar-refractivity contribution in [1.82, 2.24) is 0 Å². The van der Waals surface area contributed by atoms with E-state index in [9.17, 15) is 24.3 Å². The Labute approximate surface area is 282 Å². The number of ketones is 2. The lowest BCUT2D eigenvalue weighted by atomic mass is 9.59. The number of ether oxygens (including phenoxy) is 2. The first-order chi connectivity index (χ1) is 23.1. The molecule has 0 saturated carbocycles. The van der Waals surface area contributed by atoms with Crippen LogP contribution in [0.5, 0.6) is 17.2 Å². The van der Waals surface area contributed by atoms with Gasteiger partial charge in [-0.1, -0.05) is 47.5 Å². The van der Waals surface area contributed by atoms with Crippen molar-refractivity contribution in [3.8, 4) is 17.2 Å². The van der Waals surface area contributed by atoms with Crippen molar-refractivity contribution in [2.24, 2.45) is 17.8 Å². The molecule has 0 unspecified atom stereocenters. The summed E-state index contributed by atoms with van der Waals surface area (Å²) in [5, 5.41) is 11.3. The van der Waals surface area contributed by atoms with Crippen molar-refractivity contribution in [3.63, 3.8) is 0 Å². The summed E-state index contributed by atoms with van der Waals surface area (Å²) in [6, 6.07) is 17.3. The number of hydrogen-bond acceptors (Lipinski definition) is 7. The highest BCUT2D eigenvalue weighted by Crippen LogP contribution is 2.56. The number of rotatable bonds is 6. The van der Waals surface area contributed by atoms with Gasteiger partial charge in [-0.25, -0.2) is 0 Å². The lowest BCUT2D eigenvalue weighted by Crippen LogP contribution is -2.39. The highest BCUT2D eigenvalue weighted by molar-refractivity contribution is 6.30. The maximum atomic E-state index is 14.3. The second-order valence-corrected chi connectivity index (χ2v) is 12.9. The predicted octanol–water partition coefficient (Wildman–Crippen LogP) is 6.87. The first-order valence-corrected chi connectivity index (χ1v) is 16.1. The average molecular weight is 662 g/mol. The van der Waals surface area contributed by atoms with Crippen LogP contribution >= 0.6 is 11.6 Å². The molecule has 2 amide bonds. The van der Waals surface area contributed by atoms with Crippen molar-refractivity contribution in [2.75, 3.05) is 19.1 Å². The van der Waals surface area contributed by atoms with Crippen LogP contribution in [0.3, 0.4) is 0 Å².